The summed E-state index contributed by atoms with van der Waals surface area (Å²) in [5.41, 5.74) is 7.05. The summed E-state index contributed by atoms with van der Waals surface area (Å²) in [6.45, 7) is 4.09. The van der Waals surface area contributed by atoms with Crippen LogP contribution in [-0.2, 0) is 0 Å². The van der Waals surface area contributed by atoms with E-state index in [9.17, 15) is 0 Å². The van der Waals surface area contributed by atoms with Gasteiger partial charge in [-0.3, -0.25) is 9.81 Å². The van der Waals surface area contributed by atoms with Crippen LogP contribution < -0.4 is 5.73 Å². The quantitative estimate of drug-likeness (QED) is 0.530. The molecule has 0 aliphatic heterocycles. The van der Waals surface area contributed by atoms with Crippen LogP contribution in [0.3, 0.4) is 0 Å². The van der Waals surface area contributed by atoms with Crippen molar-refractivity contribution in [1.82, 2.24) is 9.38 Å². The average Bonchev–Trinajstić information content (AvgIpc) is 2.55. The molecule has 3 N–H and O–H groups in total. The minimum absolute atomic E-state index is 0.0213. The molecule has 0 aromatic carbocycles. The highest BCUT2D eigenvalue weighted by molar-refractivity contribution is 7.17. The zero-order valence-electron chi connectivity index (χ0n) is 7.46. The third-order valence-electron chi connectivity index (χ3n) is 2.06. The predicted molar refractivity (Wildman–Crippen MR) is 53.6 cm³/mol. The molecule has 0 amide bonds. The fourth-order valence-corrected chi connectivity index (χ4v) is 2.14. The Hall–Kier alpha value is -1.36. The third-order valence-corrected chi connectivity index (χ3v) is 3.14. The number of fused-ring (bicyclic) bond motifs is 1. The molecule has 68 valence electrons. The molecule has 0 fully saturated rings. The number of thiazole rings is 1. The lowest BCUT2D eigenvalue weighted by Crippen LogP contribution is -2.11. The van der Waals surface area contributed by atoms with Crippen molar-refractivity contribution in [1.29, 1.82) is 5.41 Å². The van der Waals surface area contributed by atoms with E-state index in [0.717, 1.165) is 4.96 Å². The number of nitrogens with zero attached hydrogens (tertiary/aromatic N) is 2. The van der Waals surface area contributed by atoms with Crippen LogP contribution in [0.1, 0.15) is 16.3 Å². The first kappa shape index (κ1) is 8.25. The summed E-state index contributed by atoms with van der Waals surface area (Å²) in [6.07, 6.45) is 1.80. The first-order valence-corrected chi connectivity index (χ1v) is 4.70. The lowest BCUT2D eigenvalue weighted by Gasteiger charge is -1.90. The third kappa shape index (κ3) is 1.12. The Morgan fingerprint density at radius 2 is 2.31 bits per heavy atom. The molecule has 2 aromatic heterocycles. The average molecular weight is 194 g/mol. The summed E-state index contributed by atoms with van der Waals surface area (Å²) >= 11 is 1.62. The summed E-state index contributed by atoms with van der Waals surface area (Å²) in [4.78, 5) is 6.38. The molecule has 2 rings (SSSR count). The van der Waals surface area contributed by atoms with Crippen LogP contribution >= 0.6 is 11.3 Å². The van der Waals surface area contributed by atoms with Crippen LogP contribution in [0.4, 0.5) is 0 Å². The smallest absolute Gasteiger partial charge is 0.194 e. The number of amidine groups is 1. The Kier molecular flexibility index (Phi) is 1.63. The molecule has 13 heavy (non-hydrogen) atoms. The van der Waals surface area contributed by atoms with E-state index in [0.29, 0.717) is 5.69 Å². The van der Waals surface area contributed by atoms with Crippen LogP contribution in [0.15, 0.2) is 6.20 Å². The summed E-state index contributed by atoms with van der Waals surface area (Å²) in [6, 6.07) is 0. The molecule has 0 saturated carbocycles. The Morgan fingerprint density at radius 1 is 1.62 bits per heavy atom. The monoisotopic (exact) mass is 194 g/mol. The van der Waals surface area contributed by atoms with Crippen molar-refractivity contribution in [3.8, 4) is 0 Å². The maximum Gasteiger partial charge on any atom is 0.194 e. The van der Waals surface area contributed by atoms with Crippen LogP contribution in [0.2, 0.25) is 0 Å². The Balaban J connectivity index is 2.72. The number of hydrogen-bond donors (Lipinski definition) is 2. The van der Waals surface area contributed by atoms with E-state index in [2.05, 4.69) is 11.9 Å². The van der Waals surface area contributed by atoms with Crippen molar-refractivity contribution >= 4 is 22.1 Å². The van der Waals surface area contributed by atoms with Crippen LogP contribution in [-0.4, -0.2) is 15.2 Å². The number of nitrogen functional groups attached to an aromatic ring is 1. The van der Waals surface area contributed by atoms with E-state index in [1.165, 1.54) is 10.6 Å². The number of hydrogen-bond acceptors (Lipinski definition) is 3. The summed E-state index contributed by atoms with van der Waals surface area (Å²) in [7, 11) is 0. The van der Waals surface area contributed by atoms with Crippen molar-refractivity contribution in [3.63, 3.8) is 0 Å². The van der Waals surface area contributed by atoms with Crippen LogP contribution in [0.25, 0.3) is 4.96 Å². The summed E-state index contributed by atoms with van der Waals surface area (Å²) in [5, 5.41) is 7.24. The molecule has 2 aromatic rings. The number of aromatic nitrogens is 2. The number of rotatable bonds is 1. The fourth-order valence-electron chi connectivity index (χ4n) is 1.19. The highest BCUT2D eigenvalue weighted by Gasteiger charge is 2.09. The van der Waals surface area contributed by atoms with E-state index in [1.54, 1.807) is 17.5 Å². The SMILES string of the molecule is Cc1sc2nc(C(=N)N)cn2c1C. The van der Waals surface area contributed by atoms with E-state index in [4.69, 9.17) is 11.1 Å². The van der Waals surface area contributed by atoms with E-state index < -0.39 is 0 Å². The second-order valence-electron chi connectivity index (χ2n) is 2.94. The molecule has 4 nitrogen and oxygen atoms in total. The minimum atomic E-state index is 0.0213. The Labute approximate surface area is 79.5 Å². The number of aryl methyl sites for hydroxylation is 2. The van der Waals surface area contributed by atoms with E-state index in [1.807, 2.05) is 11.3 Å². The van der Waals surface area contributed by atoms with Gasteiger partial charge in [-0.05, 0) is 13.8 Å². The molecule has 5 heteroatoms. The van der Waals surface area contributed by atoms with Gasteiger partial charge in [-0.2, -0.15) is 0 Å². The van der Waals surface area contributed by atoms with Gasteiger partial charge in [-0.1, -0.05) is 0 Å². The number of nitrogens with two attached hydrogens (primary N) is 1. The molecular weight excluding hydrogens is 184 g/mol. The lowest BCUT2D eigenvalue weighted by molar-refractivity contribution is 1.11. The number of nitrogens with one attached hydrogen (secondary N) is 1. The van der Waals surface area contributed by atoms with Crippen molar-refractivity contribution in [3.05, 3.63) is 22.5 Å². The zero-order chi connectivity index (χ0) is 9.59. The molecule has 0 aliphatic rings. The molecule has 0 spiro atoms. The van der Waals surface area contributed by atoms with Crippen molar-refractivity contribution < 1.29 is 0 Å². The molecule has 0 radical (unpaired) electrons. The molecule has 0 aliphatic carbocycles. The normalized spacial score (nSPS) is 10.9. The molecule has 0 atom stereocenters. The van der Waals surface area contributed by atoms with Gasteiger partial charge in [0.25, 0.3) is 0 Å². The molecular formula is C8H10N4S. The van der Waals surface area contributed by atoms with E-state index in [-0.39, 0.29) is 5.84 Å². The topological polar surface area (TPSA) is 67.2 Å². The highest BCUT2D eigenvalue weighted by atomic mass is 32.1. The van der Waals surface area contributed by atoms with Crippen molar-refractivity contribution in [2.45, 2.75) is 13.8 Å². The predicted octanol–water partition coefficient (Wildman–Crippen LogP) is 1.30. The standard InChI is InChI=1S/C8H10N4S/c1-4-5(2)13-8-11-6(7(9)10)3-12(4)8/h3H,1-2H3,(H3,9,10). The van der Waals surface area contributed by atoms with Gasteiger partial charge in [0.15, 0.2) is 4.96 Å². The largest absolute Gasteiger partial charge is 0.382 e. The molecule has 0 bridgehead atoms. The van der Waals surface area contributed by atoms with Crippen LogP contribution in [0, 0.1) is 19.3 Å². The summed E-state index contributed by atoms with van der Waals surface area (Å²) < 4.78 is 1.97. The van der Waals surface area contributed by atoms with E-state index >= 15 is 0 Å². The maximum atomic E-state index is 7.24. The first-order valence-electron chi connectivity index (χ1n) is 3.89. The lowest BCUT2D eigenvalue weighted by atomic mass is 10.4. The van der Waals surface area contributed by atoms with Gasteiger partial charge in [-0.25, -0.2) is 4.98 Å². The molecule has 0 saturated heterocycles. The Morgan fingerprint density at radius 3 is 2.85 bits per heavy atom. The van der Waals surface area contributed by atoms with Gasteiger partial charge >= 0.3 is 0 Å². The van der Waals surface area contributed by atoms with Crippen LogP contribution in [0.5, 0.6) is 0 Å². The van der Waals surface area contributed by atoms with Gasteiger partial charge in [0.2, 0.25) is 0 Å². The van der Waals surface area contributed by atoms with Gasteiger partial charge in [-0.15, -0.1) is 11.3 Å². The van der Waals surface area contributed by atoms with Gasteiger partial charge in [0.1, 0.15) is 11.5 Å². The second kappa shape index (κ2) is 2.56. The van der Waals surface area contributed by atoms with Gasteiger partial charge < -0.3 is 5.73 Å². The molecule has 0 unspecified atom stereocenters. The molecule has 2 heterocycles. The first-order chi connectivity index (χ1) is 6.09. The van der Waals surface area contributed by atoms with Crippen molar-refractivity contribution in [2.75, 3.05) is 0 Å². The van der Waals surface area contributed by atoms with Gasteiger partial charge in [0, 0.05) is 16.8 Å². The second-order valence-corrected chi connectivity index (χ2v) is 4.12. The maximum absolute atomic E-state index is 7.24. The fraction of sp³-hybridized carbons (Fsp3) is 0.250. The minimum Gasteiger partial charge on any atom is -0.382 e. The number of imidazole rings is 1. The highest BCUT2D eigenvalue weighted by Crippen LogP contribution is 2.21. The zero-order valence-corrected chi connectivity index (χ0v) is 8.27. The Bertz CT molecular complexity index is 480. The van der Waals surface area contributed by atoms with Gasteiger partial charge in [0.05, 0.1) is 0 Å². The summed E-state index contributed by atoms with van der Waals surface area (Å²) in [5.74, 6) is 0.0213. The van der Waals surface area contributed by atoms with Crippen molar-refractivity contribution in [2.24, 2.45) is 5.73 Å².